The number of nitrogens with zero attached hydrogens (tertiary/aromatic N) is 1. The number of benzene rings is 1. The number of hydrogen-bond acceptors (Lipinski definition) is 3. The smallest absolute Gasteiger partial charge is 0.242 e. The highest BCUT2D eigenvalue weighted by atomic mass is 19.1. The van der Waals surface area contributed by atoms with Gasteiger partial charge in [0.1, 0.15) is 11.9 Å². The van der Waals surface area contributed by atoms with Crippen LogP contribution in [0.15, 0.2) is 18.2 Å². The third-order valence-corrected chi connectivity index (χ3v) is 2.74. The van der Waals surface area contributed by atoms with Gasteiger partial charge in [0.25, 0.3) is 0 Å². The van der Waals surface area contributed by atoms with Gasteiger partial charge in [-0.05, 0) is 25.1 Å². The number of carbonyl (C=O) groups is 1. The van der Waals surface area contributed by atoms with Crippen LogP contribution in [0.2, 0.25) is 0 Å². The molecule has 1 fully saturated rings. The highest BCUT2D eigenvalue weighted by molar-refractivity contribution is 5.86. The molecular weight excluding hydrogens is 209 g/mol. The molecule has 3 N–H and O–H groups in total. The number of rotatable bonds is 1. The van der Waals surface area contributed by atoms with Crippen LogP contribution in [0.1, 0.15) is 6.92 Å². The van der Waals surface area contributed by atoms with Crippen LogP contribution in [0.4, 0.5) is 15.8 Å². The largest absolute Gasteiger partial charge is 0.399 e. The van der Waals surface area contributed by atoms with Gasteiger partial charge >= 0.3 is 0 Å². The van der Waals surface area contributed by atoms with Gasteiger partial charge in [-0.2, -0.15) is 0 Å². The Kier molecular flexibility index (Phi) is 2.68. The lowest BCUT2D eigenvalue weighted by molar-refractivity contribution is -0.122. The molecule has 0 spiro atoms. The lowest BCUT2D eigenvalue weighted by atomic mass is 10.1. The van der Waals surface area contributed by atoms with Crippen LogP contribution in [0.3, 0.4) is 0 Å². The van der Waals surface area contributed by atoms with Crippen molar-refractivity contribution in [1.29, 1.82) is 0 Å². The number of nitrogens with one attached hydrogen (secondary N) is 1. The summed E-state index contributed by atoms with van der Waals surface area (Å²) >= 11 is 0. The van der Waals surface area contributed by atoms with E-state index in [9.17, 15) is 9.18 Å². The molecule has 4 nitrogen and oxygen atoms in total. The Bertz CT molecular complexity index is 401. The van der Waals surface area contributed by atoms with Crippen molar-refractivity contribution in [3.63, 3.8) is 0 Å². The Hall–Kier alpha value is -1.78. The zero-order valence-electron chi connectivity index (χ0n) is 9.03. The third-order valence-electron chi connectivity index (χ3n) is 2.74. The monoisotopic (exact) mass is 223 g/mol. The number of carbonyl (C=O) groups excluding carboxylic acids is 1. The molecule has 1 saturated heterocycles. The van der Waals surface area contributed by atoms with Crippen molar-refractivity contribution in [2.75, 3.05) is 23.7 Å². The predicted molar refractivity (Wildman–Crippen MR) is 60.6 cm³/mol. The second-order valence-corrected chi connectivity index (χ2v) is 3.90. The minimum atomic E-state index is -0.381. The third kappa shape index (κ3) is 1.93. The average Bonchev–Trinajstić information content (AvgIpc) is 2.20. The van der Waals surface area contributed by atoms with Gasteiger partial charge in [-0.15, -0.1) is 0 Å². The van der Waals surface area contributed by atoms with Crippen LogP contribution < -0.4 is 16.0 Å². The van der Waals surface area contributed by atoms with Gasteiger partial charge in [-0.25, -0.2) is 4.39 Å². The zero-order chi connectivity index (χ0) is 11.7. The first-order chi connectivity index (χ1) is 7.58. The Labute approximate surface area is 93.2 Å². The molecule has 5 heteroatoms. The molecule has 1 aliphatic rings. The summed E-state index contributed by atoms with van der Waals surface area (Å²) < 4.78 is 13.2. The van der Waals surface area contributed by atoms with Crippen molar-refractivity contribution in [3.8, 4) is 0 Å². The Morgan fingerprint density at radius 3 is 2.94 bits per heavy atom. The van der Waals surface area contributed by atoms with Crippen LogP contribution in [-0.2, 0) is 4.79 Å². The molecule has 1 unspecified atom stereocenters. The molecule has 0 aromatic heterocycles. The summed E-state index contributed by atoms with van der Waals surface area (Å²) in [5.41, 5.74) is 6.60. The van der Waals surface area contributed by atoms with E-state index in [0.717, 1.165) is 0 Å². The van der Waals surface area contributed by atoms with Crippen LogP contribution in [-0.4, -0.2) is 25.0 Å². The van der Waals surface area contributed by atoms with Gasteiger partial charge in [-0.1, -0.05) is 0 Å². The van der Waals surface area contributed by atoms with Crippen LogP contribution in [0.25, 0.3) is 0 Å². The van der Waals surface area contributed by atoms with Crippen molar-refractivity contribution >= 4 is 17.3 Å². The van der Waals surface area contributed by atoms with Crippen molar-refractivity contribution in [1.82, 2.24) is 5.32 Å². The number of hydrogen-bond donors (Lipinski definition) is 2. The molecule has 0 radical (unpaired) electrons. The molecule has 1 atom stereocenters. The minimum Gasteiger partial charge on any atom is -0.399 e. The Morgan fingerprint density at radius 1 is 1.50 bits per heavy atom. The Morgan fingerprint density at radius 2 is 2.25 bits per heavy atom. The lowest BCUT2D eigenvalue weighted by Crippen LogP contribution is -2.54. The SMILES string of the molecule is CC1C(=O)NCCN1c1cc(N)cc(F)c1. The maximum atomic E-state index is 13.2. The van der Waals surface area contributed by atoms with E-state index in [2.05, 4.69) is 5.32 Å². The molecule has 0 bridgehead atoms. The normalized spacial score (nSPS) is 20.8. The van der Waals surface area contributed by atoms with E-state index < -0.39 is 0 Å². The van der Waals surface area contributed by atoms with E-state index >= 15 is 0 Å². The van der Waals surface area contributed by atoms with Crippen LogP contribution in [0.5, 0.6) is 0 Å². The fourth-order valence-corrected chi connectivity index (χ4v) is 1.90. The molecule has 1 aliphatic heterocycles. The van der Waals surface area contributed by atoms with Gasteiger partial charge in [0.2, 0.25) is 5.91 Å². The van der Waals surface area contributed by atoms with Crippen LogP contribution in [0, 0.1) is 5.82 Å². The molecule has 1 heterocycles. The van der Waals surface area contributed by atoms with E-state index in [1.807, 2.05) is 4.90 Å². The maximum Gasteiger partial charge on any atom is 0.242 e. The first-order valence-electron chi connectivity index (χ1n) is 5.18. The summed E-state index contributed by atoms with van der Waals surface area (Å²) in [5, 5.41) is 2.76. The highest BCUT2D eigenvalue weighted by Gasteiger charge is 2.25. The van der Waals surface area contributed by atoms with Crippen LogP contribution >= 0.6 is 0 Å². The molecular formula is C11H14FN3O. The Balaban J connectivity index is 2.32. The number of amides is 1. The molecule has 1 aromatic rings. The predicted octanol–water partition coefficient (Wildman–Crippen LogP) is 0.733. The topological polar surface area (TPSA) is 58.4 Å². The van der Waals surface area contributed by atoms with Gasteiger partial charge < -0.3 is 16.0 Å². The second kappa shape index (κ2) is 4.00. The summed E-state index contributed by atoms with van der Waals surface area (Å²) in [5.74, 6) is -0.428. The van der Waals surface area contributed by atoms with Gasteiger partial charge in [0.05, 0.1) is 0 Å². The first-order valence-corrected chi connectivity index (χ1v) is 5.18. The van der Waals surface area contributed by atoms with E-state index in [1.54, 1.807) is 13.0 Å². The summed E-state index contributed by atoms with van der Waals surface area (Å²) in [6.07, 6.45) is 0. The highest BCUT2D eigenvalue weighted by Crippen LogP contribution is 2.22. The van der Waals surface area contributed by atoms with Gasteiger partial charge in [0.15, 0.2) is 0 Å². The van der Waals surface area contributed by atoms with Gasteiger partial charge in [-0.3, -0.25) is 4.79 Å². The molecule has 1 amide bonds. The molecule has 0 aliphatic carbocycles. The molecule has 2 rings (SSSR count). The minimum absolute atomic E-state index is 0.0471. The number of halogens is 1. The zero-order valence-corrected chi connectivity index (χ0v) is 9.03. The van der Waals surface area contributed by atoms with Crippen molar-refractivity contribution < 1.29 is 9.18 Å². The summed E-state index contributed by atoms with van der Waals surface area (Å²) in [6, 6.07) is 4.04. The quantitative estimate of drug-likeness (QED) is 0.690. The summed E-state index contributed by atoms with van der Waals surface area (Å²) in [6.45, 7) is 3.02. The first kappa shape index (κ1) is 10.7. The summed E-state index contributed by atoms with van der Waals surface area (Å²) in [7, 11) is 0. The number of anilines is 2. The summed E-state index contributed by atoms with van der Waals surface area (Å²) in [4.78, 5) is 13.3. The van der Waals surface area contributed by atoms with E-state index in [-0.39, 0.29) is 17.8 Å². The number of nitrogen functional groups attached to an aromatic ring is 1. The fourth-order valence-electron chi connectivity index (χ4n) is 1.90. The number of piperazine rings is 1. The van der Waals surface area contributed by atoms with Crippen molar-refractivity contribution in [2.24, 2.45) is 0 Å². The second-order valence-electron chi connectivity index (χ2n) is 3.90. The van der Waals surface area contributed by atoms with Crippen molar-refractivity contribution in [3.05, 3.63) is 24.0 Å². The lowest BCUT2D eigenvalue weighted by Gasteiger charge is -2.34. The van der Waals surface area contributed by atoms with E-state index in [4.69, 9.17) is 5.73 Å². The van der Waals surface area contributed by atoms with E-state index in [1.165, 1.54) is 12.1 Å². The van der Waals surface area contributed by atoms with Crippen molar-refractivity contribution in [2.45, 2.75) is 13.0 Å². The average molecular weight is 223 g/mol. The van der Waals surface area contributed by atoms with E-state index in [0.29, 0.717) is 24.5 Å². The maximum absolute atomic E-state index is 13.2. The number of nitrogens with two attached hydrogens (primary N) is 1. The molecule has 16 heavy (non-hydrogen) atoms. The van der Waals surface area contributed by atoms with Gasteiger partial charge in [0, 0.05) is 24.5 Å². The standard InChI is InChI=1S/C11H14FN3O/c1-7-11(16)14-2-3-15(7)10-5-8(12)4-9(13)6-10/h4-7H,2-3,13H2,1H3,(H,14,16). The fraction of sp³-hybridized carbons (Fsp3) is 0.364. The molecule has 86 valence electrons. The molecule has 0 saturated carbocycles. The molecule has 1 aromatic carbocycles.